The van der Waals surface area contributed by atoms with Gasteiger partial charge in [0, 0.05) is 18.1 Å². The maximum atomic E-state index is 12.3. The predicted octanol–water partition coefficient (Wildman–Crippen LogP) is 1.10. The van der Waals surface area contributed by atoms with E-state index < -0.39 is 0 Å². The summed E-state index contributed by atoms with van der Waals surface area (Å²) in [4.78, 5) is 14.6. The van der Waals surface area contributed by atoms with Crippen LogP contribution in [0.5, 0.6) is 0 Å². The SMILES string of the molecule is CN1CCCC1CNC(=O)C1CCCCC1(C)N. The van der Waals surface area contributed by atoms with Crippen LogP contribution in [-0.4, -0.2) is 42.5 Å². The first-order chi connectivity index (χ1) is 8.50. The maximum Gasteiger partial charge on any atom is 0.225 e. The minimum atomic E-state index is -0.316. The lowest BCUT2D eigenvalue weighted by Crippen LogP contribution is -2.54. The van der Waals surface area contributed by atoms with Gasteiger partial charge in [0.1, 0.15) is 0 Å². The highest BCUT2D eigenvalue weighted by molar-refractivity contribution is 5.80. The molecule has 2 rings (SSSR count). The van der Waals surface area contributed by atoms with E-state index in [1.165, 1.54) is 12.8 Å². The van der Waals surface area contributed by atoms with Gasteiger partial charge in [-0.05, 0) is 46.2 Å². The Morgan fingerprint density at radius 1 is 1.39 bits per heavy atom. The van der Waals surface area contributed by atoms with Crippen molar-refractivity contribution in [1.82, 2.24) is 10.2 Å². The van der Waals surface area contributed by atoms with Gasteiger partial charge in [0.25, 0.3) is 0 Å². The van der Waals surface area contributed by atoms with E-state index in [4.69, 9.17) is 5.73 Å². The van der Waals surface area contributed by atoms with Gasteiger partial charge in [0.05, 0.1) is 5.92 Å². The zero-order valence-corrected chi connectivity index (χ0v) is 11.7. The summed E-state index contributed by atoms with van der Waals surface area (Å²) in [5, 5.41) is 3.12. The van der Waals surface area contributed by atoms with Crippen molar-refractivity contribution in [2.75, 3.05) is 20.1 Å². The molecular formula is C14H27N3O. The van der Waals surface area contributed by atoms with E-state index in [0.29, 0.717) is 6.04 Å². The summed E-state index contributed by atoms with van der Waals surface area (Å²) < 4.78 is 0. The molecule has 3 atom stereocenters. The minimum absolute atomic E-state index is 0.00189. The van der Waals surface area contributed by atoms with Gasteiger partial charge in [0.2, 0.25) is 5.91 Å². The van der Waals surface area contributed by atoms with Crippen molar-refractivity contribution in [2.24, 2.45) is 11.7 Å². The molecule has 1 saturated heterocycles. The first-order valence-electron chi connectivity index (χ1n) is 7.27. The number of nitrogens with two attached hydrogens (primary N) is 1. The van der Waals surface area contributed by atoms with Crippen LogP contribution in [0.25, 0.3) is 0 Å². The predicted molar refractivity (Wildman–Crippen MR) is 73.2 cm³/mol. The third-order valence-electron chi connectivity index (χ3n) is 4.75. The highest BCUT2D eigenvalue weighted by Gasteiger charge is 2.37. The molecule has 0 bridgehead atoms. The molecule has 1 amide bonds. The first kappa shape index (κ1) is 13.8. The van der Waals surface area contributed by atoms with Gasteiger partial charge in [-0.15, -0.1) is 0 Å². The third-order valence-corrected chi connectivity index (χ3v) is 4.75. The molecule has 18 heavy (non-hydrogen) atoms. The van der Waals surface area contributed by atoms with Crippen LogP contribution in [0.1, 0.15) is 45.4 Å². The van der Waals surface area contributed by atoms with Crippen LogP contribution >= 0.6 is 0 Å². The summed E-state index contributed by atoms with van der Waals surface area (Å²) >= 11 is 0. The molecule has 0 aromatic carbocycles. The molecule has 104 valence electrons. The minimum Gasteiger partial charge on any atom is -0.354 e. The molecule has 2 aliphatic rings. The Balaban J connectivity index is 1.83. The van der Waals surface area contributed by atoms with E-state index in [-0.39, 0.29) is 17.4 Å². The fourth-order valence-corrected chi connectivity index (χ4v) is 3.37. The third kappa shape index (κ3) is 3.04. The van der Waals surface area contributed by atoms with E-state index in [1.807, 2.05) is 6.92 Å². The topological polar surface area (TPSA) is 58.4 Å². The summed E-state index contributed by atoms with van der Waals surface area (Å²) in [5.74, 6) is 0.165. The average Bonchev–Trinajstić information content (AvgIpc) is 2.71. The van der Waals surface area contributed by atoms with Crippen LogP contribution in [0.15, 0.2) is 0 Å². The molecule has 0 radical (unpaired) electrons. The van der Waals surface area contributed by atoms with E-state index in [2.05, 4.69) is 17.3 Å². The first-order valence-corrected chi connectivity index (χ1v) is 7.27. The second-order valence-corrected chi connectivity index (χ2v) is 6.33. The van der Waals surface area contributed by atoms with Crippen LogP contribution in [0.3, 0.4) is 0 Å². The Morgan fingerprint density at radius 2 is 2.17 bits per heavy atom. The molecule has 2 fully saturated rings. The molecule has 1 aliphatic heterocycles. The number of carbonyl (C=O) groups is 1. The van der Waals surface area contributed by atoms with Crippen LogP contribution in [-0.2, 0) is 4.79 Å². The fraction of sp³-hybridized carbons (Fsp3) is 0.929. The number of carbonyl (C=O) groups excluding carboxylic acids is 1. The summed E-state index contributed by atoms with van der Waals surface area (Å²) in [7, 11) is 2.14. The average molecular weight is 253 g/mol. The molecule has 0 aromatic heterocycles. The van der Waals surface area contributed by atoms with E-state index in [0.717, 1.165) is 38.8 Å². The summed E-state index contributed by atoms with van der Waals surface area (Å²) in [5.41, 5.74) is 5.95. The van der Waals surface area contributed by atoms with Gasteiger partial charge in [0.15, 0.2) is 0 Å². The molecule has 1 saturated carbocycles. The van der Waals surface area contributed by atoms with E-state index in [1.54, 1.807) is 0 Å². The number of likely N-dealkylation sites (N-methyl/N-ethyl adjacent to an activating group) is 1. The Hall–Kier alpha value is -0.610. The smallest absolute Gasteiger partial charge is 0.225 e. The van der Waals surface area contributed by atoms with Crippen LogP contribution < -0.4 is 11.1 Å². The molecule has 0 spiro atoms. The van der Waals surface area contributed by atoms with Gasteiger partial charge < -0.3 is 16.0 Å². The van der Waals surface area contributed by atoms with Gasteiger partial charge in [-0.1, -0.05) is 12.8 Å². The zero-order valence-electron chi connectivity index (χ0n) is 11.7. The summed E-state index contributed by atoms with van der Waals surface area (Å²) in [6.45, 7) is 3.96. The molecule has 1 aliphatic carbocycles. The molecule has 3 N–H and O–H groups in total. The standard InChI is InChI=1S/C14H27N3O/c1-14(15)8-4-3-7-12(14)13(18)16-10-11-6-5-9-17(11)2/h11-12H,3-10,15H2,1-2H3,(H,16,18). The lowest BCUT2D eigenvalue weighted by atomic mass is 9.74. The molecule has 0 aromatic rings. The lowest BCUT2D eigenvalue weighted by molar-refractivity contribution is -0.128. The Morgan fingerprint density at radius 3 is 2.78 bits per heavy atom. The number of nitrogens with zero attached hydrogens (tertiary/aromatic N) is 1. The van der Waals surface area contributed by atoms with Crippen molar-refractivity contribution < 1.29 is 4.79 Å². The number of amides is 1. The van der Waals surface area contributed by atoms with Gasteiger partial charge in [-0.25, -0.2) is 0 Å². The van der Waals surface area contributed by atoms with Gasteiger partial charge in [-0.2, -0.15) is 0 Å². The normalized spacial score (nSPS) is 37.7. The number of hydrogen-bond donors (Lipinski definition) is 2. The second kappa shape index (κ2) is 5.57. The molecule has 4 heteroatoms. The molecule has 3 unspecified atom stereocenters. The van der Waals surface area contributed by atoms with Crippen molar-refractivity contribution >= 4 is 5.91 Å². The van der Waals surface area contributed by atoms with Crippen molar-refractivity contribution in [3.8, 4) is 0 Å². The second-order valence-electron chi connectivity index (χ2n) is 6.33. The number of rotatable bonds is 3. The number of hydrogen-bond acceptors (Lipinski definition) is 3. The van der Waals surface area contributed by atoms with Crippen molar-refractivity contribution in [2.45, 2.75) is 57.0 Å². The van der Waals surface area contributed by atoms with E-state index >= 15 is 0 Å². The summed E-state index contributed by atoms with van der Waals surface area (Å²) in [6.07, 6.45) is 6.64. The molecular weight excluding hydrogens is 226 g/mol. The zero-order chi connectivity index (χ0) is 13.2. The fourth-order valence-electron chi connectivity index (χ4n) is 3.37. The Labute approximate surface area is 110 Å². The van der Waals surface area contributed by atoms with Crippen LogP contribution in [0.2, 0.25) is 0 Å². The number of nitrogens with one attached hydrogen (secondary N) is 1. The van der Waals surface area contributed by atoms with Crippen molar-refractivity contribution in [3.63, 3.8) is 0 Å². The highest BCUT2D eigenvalue weighted by atomic mass is 16.1. The monoisotopic (exact) mass is 253 g/mol. The van der Waals surface area contributed by atoms with Crippen molar-refractivity contribution in [1.29, 1.82) is 0 Å². The van der Waals surface area contributed by atoms with Crippen molar-refractivity contribution in [3.05, 3.63) is 0 Å². The largest absolute Gasteiger partial charge is 0.354 e. The van der Waals surface area contributed by atoms with Gasteiger partial charge >= 0.3 is 0 Å². The highest BCUT2D eigenvalue weighted by Crippen LogP contribution is 2.31. The Bertz CT molecular complexity index is 303. The maximum absolute atomic E-state index is 12.3. The van der Waals surface area contributed by atoms with Crippen LogP contribution in [0.4, 0.5) is 0 Å². The van der Waals surface area contributed by atoms with E-state index in [9.17, 15) is 4.79 Å². The molecule has 4 nitrogen and oxygen atoms in total. The lowest BCUT2D eigenvalue weighted by Gasteiger charge is -2.37. The quantitative estimate of drug-likeness (QED) is 0.792. The molecule has 1 heterocycles. The Kier molecular flexibility index (Phi) is 4.28. The number of likely N-dealkylation sites (tertiary alicyclic amines) is 1. The van der Waals surface area contributed by atoms with Gasteiger partial charge in [-0.3, -0.25) is 4.79 Å². The van der Waals surface area contributed by atoms with Crippen LogP contribution in [0, 0.1) is 5.92 Å². The summed E-state index contributed by atoms with van der Waals surface area (Å²) in [6, 6.07) is 0.515.